The van der Waals surface area contributed by atoms with E-state index in [1.807, 2.05) is 6.08 Å². The molecule has 1 amide bonds. The Morgan fingerprint density at radius 3 is 2.30 bits per heavy atom. The second kappa shape index (κ2) is 6.10. The fraction of sp³-hybridized carbons (Fsp3) is 0.500. The van der Waals surface area contributed by atoms with Gasteiger partial charge in [0.1, 0.15) is 0 Å². The molecule has 3 N–H and O–H groups in total. The topological polar surface area (TPSA) is 72.5 Å². The standard InChI is InChI=1S/C5H8O.CH3NO2/c1-2-4-6-5-3-1;2-1(3)4/h1-2H,3-5H2;2H2,(H,3,4). The maximum Gasteiger partial charge on any atom is 0.402 e. The van der Waals surface area contributed by atoms with Crippen LogP contribution in [0.25, 0.3) is 0 Å². The SMILES string of the molecule is C1=CCOCC1.NC(=O)O. The van der Waals surface area contributed by atoms with Crippen LogP contribution in [0.5, 0.6) is 0 Å². The summed E-state index contributed by atoms with van der Waals surface area (Å²) in [5, 5.41) is 7.19. The largest absolute Gasteiger partial charge is 0.465 e. The van der Waals surface area contributed by atoms with E-state index in [1.165, 1.54) is 0 Å². The van der Waals surface area contributed by atoms with Gasteiger partial charge in [0, 0.05) is 0 Å². The lowest BCUT2D eigenvalue weighted by molar-refractivity contribution is 0.158. The first-order valence-electron chi connectivity index (χ1n) is 2.94. The summed E-state index contributed by atoms with van der Waals surface area (Å²) in [6.45, 7) is 1.73. The highest BCUT2D eigenvalue weighted by Gasteiger charge is 1.85. The van der Waals surface area contributed by atoms with Crippen molar-refractivity contribution in [2.75, 3.05) is 13.2 Å². The van der Waals surface area contributed by atoms with E-state index in [0.717, 1.165) is 19.6 Å². The first-order valence-corrected chi connectivity index (χ1v) is 2.94. The summed E-state index contributed by atoms with van der Waals surface area (Å²) in [4.78, 5) is 8.78. The molecule has 10 heavy (non-hydrogen) atoms. The Bertz CT molecular complexity index is 110. The zero-order valence-corrected chi connectivity index (χ0v) is 5.62. The normalized spacial score (nSPS) is 15.2. The van der Waals surface area contributed by atoms with Gasteiger partial charge < -0.3 is 15.6 Å². The van der Waals surface area contributed by atoms with Crippen LogP contribution < -0.4 is 5.73 Å². The molecule has 0 unspecified atom stereocenters. The highest BCUT2D eigenvalue weighted by Crippen LogP contribution is 1.91. The summed E-state index contributed by atoms with van der Waals surface area (Å²) < 4.78 is 4.98. The monoisotopic (exact) mass is 145 g/mol. The van der Waals surface area contributed by atoms with Crippen molar-refractivity contribution in [2.45, 2.75) is 6.42 Å². The van der Waals surface area contributed by atoms with Crippen LogP contribution in [0.2, 0.25) is 0 Å². The van der Waals surface area contributed by atoms with E-state index in [-0.39, 0.29) is 0 Å². The number of carbonyl (C=O) groups is 1. The van der Waals surface area contributed by atoms with Crippen molar-refractivity contribution in [3.63, 3.8) is 0 Å². The fourth-order valence-electron chi connectivity index (χ4n) is 0.489. The lowest BCUT2D eigenvalue weighted by Crippen LogP contribution is -2.03. The van der Waals surface area contributed by atoms with Gasteiger partial charge in [0.2, 0.25) is 0 Å². The molecule has 0 radical (unpaired) electrons. The Morgan fingerprint density at radius 2 is 2.20 bits per heavy atom. The molecule has 0 atom stereocenters. The zero-order chi connectivity index (χ0) is 7.82. The molecule has 0 spiro atoms. The van der Waals surface area contributed by atoms with E-state index in [2.05, 4.69) is 11.8 Å². The summed E-state index contributed by atoms with van der Waals surface area (Å²) in [5.74, 6) is 0. The summed E-state index contributed by atoms with van der Waals surface area (Å²) in [6, 6.07) is 0. The first-order chi connectivity index (χ1) is 4.73. The lowest BCUT2D eigenvalue weighted by atomic mass is 10.3. The van der Waals surface area contributed by atoms with Crippen LogP contribution in [0, 0.1) is 0 Å². The van der Waals surface area contributed by atoms with E-state index < -0.39 is 6.09 Å². The van der Waals surface area contributed by atoms with Crippen molar-refractivity contribution in [3.8, 4) is 0 Å². The Hall–Kier alpha value is -1.03. The number of primary amides is 1. The summed E-state index contributed by atoms with van der Waals surface area (Å²) in [5.41, 5.74) is 4.03. The molecule has 1 rings (SSSR count). The van der Waals surface area contributed by atoms with Gasteiger partial charge in [0.05, 0.1) is 13.2 Å². The smallest absolute Gasteiger partial charge is 0.402 e. The molecule has 4 nitrogen and oxygen atoms in total. The third-order valence-electron chi connectivity index (χ3n) is 0.810. The molecular formula is C6H11NO3. The number of carboxylic acid groups (broad SMARTS) is 1. The Kier molecular flexibility index (Phi) is 5.47. The zero-order valence-electron chi connectivity index (χ0n) is 5.62. The van der Waals surface area contributed by atoms with E-state index in [4.69, 9.17) is 14.6 Å². The average molecular weight is 145 g/mol. The molecule has 0 aromatic heterocycles. The van der Waals surface area contributed by atoms with Crippen molar-refractivity contribution < 1.29 is 14.6 Å². The Balaban J connectivity index is 0.000000180. The molecule has 1 aliphatic rings. The molecular weight excluding hydrogens is 134 g/mol. The quantitative estimate of drug-likeness (QED) is 0.490. The van der Waals surface area contributed by atoms with Crippen molar-refractivity contribution in [3.05, 3.63) is 12.2 Å². The van der Waals surface area contributed by atoms with Crippen LogP contribution in [0.4, 0.5) is 4.79 Å². The summed E-state index contributed by atoms with van der Waals surface area (Å²) >= 11 is 0. The summed E-state index contributed by atoms with van der Waals surface area (Å²) in [6.07, 6.45) is 3.95. The van der Waals surface area contributed by atoms with Crippen molar-refractivity contribution in [1.82, 2.24) is 0 Å². The van der Waals surface area contributed by atoms with E-state index in [9.17, 15) is 0 Å². The van der Waals surface area contributed by atoms with Crippen LogP contribution in [-0.4, -0.2) is 24.4 Å². The lowest BCUT2D eigenvalue weighted by Gasteiger charge is -2.00. The van der Waals surface area contributed by atoms with Crippen LogP contribution in [0.3, 0.4) is 0 Å². The van der Waals surface area contributed by atoms with Gasteiger partial charge in [0.15, 0.2) is 0 Å². The minimum Gasteiger partial charge on any atom is -0.465 e. The third kappa shape index (κ3) is 10.1. The van der Waals surface area contributed by atoms with Crippen LogP contribution in [0.1, 0.15) is 6.42 Å². The molecule has 0 aromatic carbocycles. The van der Waals surface area contributed by atoms with Gasteiger partial charge in [-0.2, -0.15) is 0 Å². The molecule has 0 saturated heterocycles. The number of nitrogens with two attached hydrogens (primary N) is 1. The van der Waals surface area contributed by atoms with Gasteiger partial charge in [-0.1, -0.05) is 12.2 Å². The minimum absolute atomic E-state index is 0.819. The van der Waals surface area contributed by atoms with Gasteiger partial charge in [-0.25, -0.2) is 4.79 Å². The molecule has 0 saturated carbocycles. The molecule has 0 fully saturated rings. The van der Waals surface area contributed by atoms with Gasteiger partial charge in [-0.15, -0.1) is 0 Å². The number of amides is 1. The van der Waals surface area contributed by atoms with Crippen LogP contribution in [0.15, 0.2) is 12.2 Å². The van der Waals surface area contributed by atoms with Crippen molar-refractivity contribution >= 4 is 6.09 Å². The molecule has 0 aliphatic carbocycles. The van der Waals surface area contributed by atoms with Crippen LogP contribution >= 0.6 is 0 Å². The average Bonchev–Trinajstić information content (AvgIpc) is 1.90. The maximum absolute atomic E-state index is 8.78. The Labute approximate surface area is 59.3 Å². The Morgan fingerprint density at radius 1 is 1.60 bits per heavy atom. The highest BCUT2D eigenvalue weighted by atomic mass is 16.5. The predicted molar refractivity (Wildman–Crippen MR) is 36.8 cm³/mol. The summed E-state index contributed by atoms with van der Waals surface area (Å²) in [7, 11) is 0. The van der Waals surface area contributed by atoms with Crippen molar-refractivity contribution in [1.29, 1.82) is 0 Å². The van der Waals surface area contributed by atoms with E-state index in [0.29, 0.717) is 0 Å². The molecule has 1 heterocycles. The fourth-order valence-corrected chi connectivity index (χ4v) is 0.489. The third-order valence-corrected chi connectivity index (χ3v) is 0.810. The van der Waals surface area contributed by atoms with Gasteiger partial charge in [0.25, 0.3) is 0 Å². The molecule has 4 heteroatoms. The van der Waals surface area contributed by atoms with Gasteiger partial charge >= 0.3 is 6.09 Å². The maximum atomic E-state index is 8.78. The predicted octanol–water partition coefficient (Wildman–Crippen LogP) is 0.586. The van der Waals surface area contributed by atoms with Crippen molar-refractivity contribution in [2.24, 2.45) is 5.73 Å². The van der Waals surface area contributed by atoms with E-state index in [1.54, 1.807) is 0 Å². The number of hydrogen-bond donors (Lipinski definition) is 2. The number of hydrogen-bond acceptors (Lipinski definition) is 2. The molecule has 1 aliphatic heterocycles. The number of ether oxygens (including phenoxy) is 1. The first kappa shape index (κ1) is 8.97. The van der Waals surface area contributed by atoms with Gasteiger partial charge in [-0.3, -0.25) is 0 Å². The molecule has 58 valence electrons. The molecule has 0 aromatic rings. The second-order valence-corrected chi connectivity index (χ2v) is 1.67. The minimum atomic E-state index is -1.33. The van der Waals surface area contributed by atoms with E-state index >= 15 is 0 Å². The second-order valence-electron chi connectivity index (χ2n) is 1.67. The molecule has 0 bridgehead atoms. The highest BCUT2D eigenvalue weighted by molar-refractivity contribution is 5.61. The number of rotatable bonds is 0. The van der Waals surface area contributed by atoms with Crippen LogP contribution in [-0.2, 0) is 4.74 Å². The van der Waals surface area contributed by atoms with Gasteiger partial charge in [-0.05, 0) is 6.42 Å².